The average Bonchev–Trinajstić information content (AvgIpc) is 2.84. The van der Waals surface area contributed by atoms with E-state index in [4.69, 9.17) is 11.6 Å². The number of nitrogens with zero attached hydrogens (tertiary/aromatic N) is 2. The summed E-state index contributed by atoms with van der Waals surface area (Å²) in [6.45, 7) is 4.68. The summed E-state index contributed by atoms with van der Waals surface area (Å²) >= 11 is 6.06. The summed E-state index contributed by atoms with van der Waals surface area (Å²) in [7, 11) is 0. The summed E-state index contributed by atoms with van der Waals surface area (Å²) in [5, 5.41) is 4.04. The van der Waals surface area contributed by atoms with Crippen molar-refractivity contribution in [3.05, 3.63) is 99.6 Å². The summed E-state index contributed by atoms with van der Waals surface area (Å²) in [6.07, 6.45) is 0.775. The number of H-pyrrole nitrogens is 1. The van der Waals surface area contributed by atoms with Crippen molar-refractivity contribution >= 4 is 28.5 Å². The van der Waals surface area contributed by atoms with E-state index >= 15 is 0 Å². The smallest absolute Gasteiger partial charge is 0.318 e. The number of urea groups is 1. The van der Waals surface area contributed by atoms with E-state index in [2.05, 4.69) is 39.6 Å². The van der Waals surface area contributed by atoms with E-state index in [1.807, 2.05) is 44.2 Å². The molecular weight excluding hydrogens is 448 g/mol. The van der Waals surface area contributed by atoms with E-state index in [9.17, 15) is 9.59 Å². The number of amides is 2. The van der Waals surface area contributed by atoms with Gasteiger partial charge in [0.05, 0.1) is 23.5 Å². The van der Waals surface area contributed by atoms with Crippen LogP contribution in [0.2, 0.25) is 5.02 Å². The minimum atomic E-state index is -0.250. The maximum atomic E-state index is 13.1. The second-order valence-electron chi connectivity index (χ2n) is 8.25. The van der Waals surface area contributed by atoms with Crippen molar-refractivity contribution in [2.75, 3.05) is 6.54 Å². The first kappa shape index (κ1) is 23.5. The molecule has 2 N–H and O–H groups in total. The Labute approximate surface area is 203 Å². The van der Waals surface area contributed by atoms with Gasteiger partial charge in [0.1, 0.15) is 5.82 Å². The maximum absolute atomic E-state index is 13.1. The van der Waals surface area contributed by atoms with Crippen LogP contribution in [0, 0.1) is 0 Å². The molecule has 0 aliphatic carbocycles. The monoisotopic (exact) mass is 474 g/mol. The lowest BCUT2D eigenvalue weighted by Crippen LogP contribution is -2.41. The predicted octanol–water partition coefficient (Wildman–Crippen LogP) is 5.93. The van der Waals surface area contributed by atoms with E-state index in [1.165, 1.54) is 0 Å². The first-order chi connectivity index (χ1) is 16.4. The van der Waals surface area contributed by atoms with Crippen molar-refractivity contribution in [2.45, 2.75) is 32.9 Å². The Morgan fingerprint density at radius 1 is 1.06 bits per heavy atom. The molecule has 6 nitrogen and oxygen atoms in total. The summed E-state index contributed by atoms with van der Waals surface area (Å²) in [4.78, 5) is 34.5. The van der Waals surface area contributed by atoms with Crippen molar-refractivity contribution in [3.63, 3.8) is 0 Å². The van der Waals surface area contributed by atoms with Crippen LogP contribution in [0.4, 0.5) is 4.79 Å². The van der Waals surface area contributed by atoms with Crippen molar-refractivity contribution < 1.29 is 4.79 Å². The van der Waals surface area contributed by atoms with Crippen LogP contribution >= 0.6 is 11.6 Å². The Bertz CT molecular complexity index is 1340. The molecule has 7 heteroatoms. The fourth-order valence-corrected chi connectivity index (χ4v) is 4.06. The molecule has 0 aliphatic rings. The third-order valence-corrected chi connectivity index (χ3v) is 5.93. The summed E-state index contributed by atoms with van der Waals surface area (Å²) in [6, 6.07) is 22.9. The quantitative estimate of drug-likeness (QED) is 0.348. The molecule has 4 rings (SSSR count). The van der Waals surface area contributed by atoms with Crippen LogP contribution in [-0.2, 0) is 6.54 Å². The molecule has 4 aromatic rings. The molecule has 0 fully saturated rings. The predicted molar refractivity (Wildman–Crippen MR) is 137 cm³/mol. The number of aromatic nitrogens is 2. The normalized spacial score (nSPS) is 11.9. The molecule has 174 valence electrons. The number of hydrogen-bond acceptors (Lipinski definition) is 3. The number of rotatable bonds is 7. The molecule has 1 atom stereocenters. The van der Waals surface area contributed by atoms with E-state index in [1.54, 1.807) is 23.1 Å². The average molecular weight is 475 g/mol. The Kier molecular flexibility index (Phi) is 7.28. The van der Waals surface area contributed by atoms with Gasteiger partial charge in [0.25, 0.3) is 5.56 Å². The number of hydrogen-bond donors (Lipinski definition) is 2. The minimum absolute atomic E-state index is 0.181. The zero-order chi connectivity index (χ0) is 24.1. The summed E-state index contributed by atoms with van der Waals surface area (Å²) < 4.78 is 0. The third-order valence-electron chi connectivity index (χ3n) is 5.70. The van der Waals surface area contributed by atoms with E-state index < -0.39 is 0 Å². The third kappa shape index (κ3) is 5.46. The SMILES string of the molecule is CCCN(Cc1nc2cc(Cl)ccc2c(=O)[nH]1)C(=O)NC(C)c1ccc(-c2ccccc2)cc1. The van der Waals surface area contributed by atoms with Crippen LogP contribution in [-0.4, -0.2) is 27.4 Å². The lowest BCUT2D eigenvalue weighted by atomic mass is 10.0. The minimum Gasteiger partial charge on any atom is -0.331 e. The number of carbonyl (C=O) groups excluding carboxylic acids is 1. The Hall–Kier alpha value is -3.64. The first-order valence-corrected chi connectivity index (χ1v) is 11.7. The van der Waals surface area contributed by atoms with Gasteiger partial charge < -0.3 is 15.2 Å². The highest BCUT2D eigenvalue weighted by Crippen LogP contribution is 2.22. The molecule has 1 unspecified atom stereocenters. The van der Waals surface area contributed by atoms with Crippen LogP contribution in [0.15, 0.2) is 77.6 Å². The number of carbonyl (C=O) groups is 1. The lowest BCUT2D eigenvalue weighted by molar-refractivity contribution is 0.190. The van der Waals surface area contributed by atoms with E-state index in [-0.39, 0.29) is 24.2 Å². The van der Waals surface area contributed by atoms with Crippen molar-refractivity contribution in [2.24, 2.45) is 0 Å². The Balaban J connectivity index is 1.47. The van der Waals surface area contributed by atoms with Crippen molar-refractivity contribution in [1.29, 1.82) is 0 Å². The molecule has 34 heavy (non-hydrogen) atoms. The number of benzene rings is 3. The molecule has 1 aromatic heterocycles. The van der Waals surface area contributed by atoms with Gasteiger partial charge in [-0.3, -0.25) is 4.79 Å². The van der Waals surface area contributed by atoms with Gasteiger partial charge in [-0.25, -0.2) is 9.78 Å². The van der Waals surface area contributed by atoms with Gasteiger partial charge in [0, 0.05) is 11.6 Å². The van der Waals surface area contributed by atoms with Gasteiger partial charge in [0.2, 0.25) is 0 Å². The van der Waals surface area contributed by atoms with Crippen LogP contribution in [0.1, 0.15) is 37.7 Å². The molecule has 2 amide bonds. The Morgan fingerprint density at radius 3 is 2.47 bits per heavy atom. The fourth-order valence-electron chi connectivity index (χ4n) is 3.89. The zero-order valence-corrected chi connectivity index (χ0v) is 20.0. The molecule has 1 heterocycles. The van der Waals surface area contributed by atoms with Gasteiger partial charge in [0.15, 0.2) is 0 Å². The van der Waals surface area contributed by atoms with Gasteiger partial charge in [-0.1, -0.05) is 73.1 Å². The largest absolute Gasteiger partial charge is 0.331 e. The standard InChI is InChI=1S/C27H27ClN4O2/c1-3-15-32(17-25-30-24-16-22(28)13-14-23(24)26(33)31-25)27(34)29-18(2)19-9-11-21(12-10-19)20-7-5-4-6-8-20/h4-14,16,18H,3,15,17H2,1-2H3,(H,29,34)(H,30,31,33). The highest BCUT2D eigenvalue weighted by molar-refractivity contribution is 6.31. The lowest BCUT2D eigenvalue weighted by Gasteiger charge is -2.25. The molecular formula is C27H27ClN4O2. The van der Waals surface area contributed by atoms with Crippen LogP contribution in [0.3, 0.4) is 0 Å². The number of halogens is 1. The highest BCUT2D eigenvalue weighted by atomic mass is 35.5. The van der Waals surface area contributed by atoms with Gasteiger partial charge in [-0.2, -0.15) is 0 Å². The molecule has 0 bridgehead atoms. The van der Waals surface area contributed by atoms with Gasteiger partial charge in [-0.05, 0) is 48.2 Å². The van der Waals surface area contributed by atoms with Crippen LogP contribution < -0.4 is 10.9 Å². The molecule has 0 saturated carbocycles. The van der Waals surface area contributed by atoms with Gasteiger partial charge >= 0.3 is 6.03 Å². The Morgan fingerprint density at radius 2 is 1.76 bits per heavy atom. The van der Waals surface area contributed by atoms with E-state index in [0.717, 1.165) is 23.1 Å². The second-order valence-corrected chi connectivity index (χ2v) is 8.69. The summed E-state index contributed by atoms with van der Waals surface area (Å²) in [5.74, 6) is 0.420. The van der Waals surface area contributed by atoms with Crippen LogP contribution in [0.5, 0.6) is 0 Å². The molecule has 0 saturated heterocycles. The fraction of sp³-hybridized carbons (Fsp3) is 0.222. The molecule has 0 aliphatic heterocycles. The van der Waals surface area contributed by atoms with Gasteiger partial charge in [-0.15, -0.1) is 0 Å². The second kappa shape index (κ2) is 10.5. The molecule has 0 spiro atoms. The molecule has 0 radical (unpaired) electrons. The first-order valence-electron chi connectivity index (χ1n) is 11.3. The van der Waals surface area contributed by atoms with Crippen molar-refractivity contribution in [3.8, 4) is 11.1 Å². The van der Waals surface area contributed by atoms with Crippen molar-refractivity contribution in [1.82, 2.24) is 20.2 Å². The number of aromatic amines is 1. The number of fused-ring (bicyclic) bond motifs is 1. The van der Waals surface area contributed by atoms with E-state index in [0.29, 0.717) is 28.3 Å². The highest BCUT2D eigenvalue weighted by Gasteiger charge is 2.18. The van der Waals surface area contributed by atoms with Crippen LogP contribution in [0.25, 0.3) is 22.0 Å². The zero-order valence-electron chi connectivity index (χ0n) is 19.2. The maximum Gasteiger partial charge on any atom is 0.318 e. The molecule has 3 aromatic carbocycles. The summed E-state index contributed by atoms with van der Waals surface area (Å²) in [5.41, 5.74) is 3.55. The number of nitrogens with one attached hydrogen (secondary N) is 2. The topological polar surface area (TPSA) is 78.1 Å².